The number of hydrogen-bond acceptors (Lipinski definition) is 3. The molecule has 2 aliphatic heterocycles. The molecule has 0 amide bonds. The minimum atomic E-state index is 0.281. The SMILES string of the molecule is C1=CN(C2CCCO2)CN=C1. The third-order valence-electron chi connectivity index (χ3n) is 1.99. The van der Waals surface area contributed by atoms with Crippen molar-refractivity contribution in [1.82, 2.24) is 4.90 Å². The lowest BCUT2D eigenvalue weighted by Crippen LogP contribution is -2.31. The monoisotopic (exact) mass is 152 g/mol. The first-order chi connectivity index (χ1) is 5.47. The summed E-state index contributed by atoms with van der Waals surface area (Å²) in [5, 5.41) is 0. The molecule has 0 bridgehead atoms. The second-order valence-corrected chi connectivity index (χ2v) is 2.80. The van der Waals surface area contributed by atoms with Crippen LogP contribution in [0.4, 0.5) is 0 Å². The van der Waals surface area contributed by atoms with E-state index < -0.39 is 0 Å². The first-order valence-corrected chi connectivity index (χ1v) is 4.01. The van der Waals surface area contributed by atoms with Crippen LogP contribution in [-0.4, -0.2) is 30.6 Å². The van der Waals surface area contributed by atoms with Gasteiger partial charge in [-0.1, -0.05) is 0 Å². The Morgan fingerprint density at radius 1 is 1.55 bits per heavy atom. The van der Waals surface area contributed by atoms with E-state index in [0.29, 0.717) is 0 Å². The van der Waals surface area contributed by atoms with Gasteiger partial charge >= 0.3 is 0 Å². The van der Waals surface area contributed by atoms with E-state index in [1.165, 1.54) is 6.42 Å². The molecule has 11 heavy (non-hydrogen) atoms. The fraction of sp³-hybridized carbons (Fsp3) is 0.625. The van der Waals surface area contributed by atoms with Crippen molar-refractivity contribution in [1.29, 1.82) is 0 Å². The van der Waals surface area contributed by atoms with Crippen LogP contribution in [0.2, 0.25) is 0 Å². The third kappa shape index (κ3) is 1.43. The van der Waals surface area contributed by atoms with Gasteiger partial charge in [0, 0.05) is 19.0 Å². The van der Waals surface area contributed by atoms with Gasteiger partial charge in [-0.2, -0.15) is 0 Å². The highest BCUT2D eigenvalue weighted by atomic mass is 16.5. The predicted octanol–water partition coefficient (Wildman–Crippen LogP) is 0.981. The Kier molecular flexibility index (Phi) is 1.90. The fourth-order valence-corrected chi connectivity index (χ4v) is 1.41. The molecule has 2 heterocycles. The molecule has 1 unspecified atom stereocenters. The molecule has 3 nitrogen and oxygen atoms in total. The Balaban J connectivity index is 1.94. The molecule has 3 heteroatoms. The molecule has 2 rings (SSSR count). The zero-order chi connectivity index (χ0) is 7.52. The average molecular weight is 152 g/mol. The molecule has 0 spiro atoms. The molecule has 1 saturated heterocycles. The summed E-state index contributed by atoms with van der Waals surface area (Å²) in [4.78, 5) is 6.27. The second kappa shape index (κ2) is 3.05. The van der Waals surface area contributed by atoms with Crippen molar-refractivity contribution in [3.8, 4) is 0 Å². The van der Waals surface area contributed by atoms with E-state index in [1.54, 1.807) is 0 Å². The van der Waals surface area contributed by atoms with Gasteiger partial charge in [-0.15, -0.1) is 0 Å². The largest absolute Gasteiger partial charge is 0.358 e. The Hall–Kier alpha value is -0.830. The summed E-state index contributed by atoms with van der Waals surface area (Å²) in [6.45, 7) is 1.65. The van der Waals surface area contributed by atoms with Gasteiger partial charge in [0.05, 0.1) is 0 Å². The Morgan fingerprint density at radius 3 is 3.18 bits per heavy atom. The summed E-state index contributed by atoms with van der Waals surface area (Å²) >= 11 is 0. The van der Waals surface area contributed by atoms with Gasteiger partial charge in [-0.3, -0.25) is 4.99 Å². The minimum absolute atomic E-state index is 0.281. The molecular formula is C8H12N2O. The van der Waals surface area contributed by atoms with E-state index in [9.17, 15) is 0 Å². The highest BCUT2D eigenvalue weighted by molar-refractivity contribution is 5.71. The van der Waals surface area contributed by atoms with E-state index >= 15 is 0 Å². The number of allylic oxidation sites excluding steroid dienone is 1. The van der Waals surface area contributed by atoms with Crippen molar-refractivity contribution in [2.45, 2.75) is 19.1 Å². The van der Waals surface area contributed by atoms with Gasteiger partial charge in [-0.25, -0.2) is 0 Å². The van der Waals surface area contributed by atoms with Crippen LogP contribution in [-0.2, 0) is 4.74 Å². The van der Waals surface area contributed by atoms with Crippen LogP contribution in [0.5, 0.6) is 0 Å². The first-order valence-electron chi connectivity index (χ1n) is 4.01. The molecule has 0 N–H and O–H groups in total. The van der Waals surface area contributed by atoms with Crippen LogP contribution in [0.15, 0.2) is 17.3 Å². The first kappa shape index (κ1) is 6.85. The van der Waals surface area contributed by atoms with Crippen molar-refractivity contribution in [2.24, 2.45) is 4.99 Å². The van der Waals surface area contributed by atoms with Gasteiger partial charge in [0.25, 0.3) is 0 Å². The number of rotatable bonds is 1. The maximum absolute atomic E-state index is 5.49. The Labute approximate surface area is 66.4 Å². The summed E-state index contributed by atoms with van der Waals surface area (Å²) < 4.78 is 5.49. The summed E-state index contributed by atoms with van der Waals surface area (Å²) in [7, 11) is 0. The number of hydrogen-bond donors (Lipinski definition) is 0. The molecule has 0 saturated carbocycles. The molecule has 0 aromatic carbocycles. The number of aliphatic imine (C=N–C) groups is 1. The van der Waals surface area contributed by atoms with Crippen molar-refractivity contribution >= 4 is 6.21 Å². The summed E-state index contributed by atoms with van der Waals surface area (Å²) in [5.74, 6) is 0. The van der Waals surface area contributed by atoms with Gasteiger partial charge in [-0.05, 0) is 18.9 Å². The van der Waals surface area contributed by atoms with Crippen LogP contribution in [0.1, 0.15) is 12.8 Å². The maximum Gasteiger partial charge on any atom is 0.131 e. The average Bonchev–Trinajstić information content (AvgIpc) is 2.58. The zero-order valence-corrected chi connectivity index (χ0v) is 6.44. The highest BCUT2D eigenvalue weighted by Crippen LogP contribution is 2.17. The summed E-state index contributed by atoms with van der Waals surface area (Å²) in [6, 6.07) is 0. The Bertz CT molecular complexity index is 183. The molecule has 0 aromatic heterocycles. The van der Waals surface area contributed by atoms with Gasteiger partial charge in [0.15, 0.2) is 0 Å². The number of ether oxygens (including phenoxy) is 1. The predicted molar refractivity (Wildman–Crippen MR) is 43.3 cm³/mol. The minimum Gasteiger partial charge on any atom is -0.358 e. The van der Waals surface area contributed by atoms with Gasteiger partial charge in [0.1, 0.15) is 12.9 Å². The molecule has 0 radical (unpaired) electrons. The van der Waals surface area contributed by atoms with Crippen LogP contribution in [0, 0.1) is 0 Å². The molecular weight excluding hydrogens is 140 g/mol. The van der Waals surface area contributed by atoms with Crippen LogP contribution >= 0.6 is 0 Å². The molecule has 1 atom stereocenters. The van der Waals surface area contributed by atoms with Gasteiger partial charge in [0.2, 0.25) is 0 Å². The maximum atomic E-state index is 5.49. The van der Waals surface area contributed by atoms with Crippen molar-refractivity contribution < 1.29 is 4.74 Å². The lowest BCUT2D eigenvalue weighted by atomic mass is 10.3. The lowest BCUT2D eigenvalue weighted by molar-refractivity contribution is 0.00889. The van der Waals surface area contributed by atoms with Crippen molar-refractivity contribution in [3.05, 3.63) is 12.3 Å². The van der Waals surface area contributed by atoms with Crippen molar-refractivity contribution in [2.75, 3.05) is 13.3 Å². The van der Waals surface area contributed by atoms with Crippen LogP contribution in [0.25, 0.3) is 0 Å². The highest BCUT2D eigenvalue weighted by Gasteiger charge is 2.20. The second-order valence-electron chi connectivity index (χ2n) is 2.80. The molecule has 0 aliphatic carbocycles. The quantitative estimate of drug-likeness (QED) is 0.559. The molecule has 60 valence electrons. The van der Waals surface area contributed by atoms with E-state index in [2.05, 4.69) is 9.89 Å². The lowest BCUT2D eigenvalue weighted by Gasteiger charge is -2.25. The third-order valence-corrected chi connectivity index (χ3v) is 1.99. The molecule has 0 aromatic rings. The topological polar surface area (TPSA) is 24.8 Å². The smallest absolute Gasteiger partial charge is 0.131 e. The standard InChI is InChI=1S/C8H12N2O/c1-3-8(11-6-1)10-5-2-4-9-7-10/h2,4-5,8H,1,3,6-7H2. The zero-order valence-electron chi connectivity index (χ0n) is 6.44. The normalized spacial score (nSPS) is 29.8. The Morgan fingerprint density at radius 2 is 2.55 bits per heavy atom. The van der Waals surface area contributed by atoms with E-state index in [1.807, 2.05) is 18.5 Å². The summed E-state index contributed by atoms with van der Waals surface area (Å²) in [6.07, 6.45) is 8.42. The molecule has 2 aliphatic rings. The van der Waals surface area contributed by atoms with E-state index in [-0.39, 0.29) is 6.23 Å². The van der Waals surface area contributed by atoms with Crippen LogP contribution in [0.3, 0.4) is 0 Å². The number of nitrogens with zero attached hydrogens (tertiary/aromatic N) is 2. The van der Waals surface area contributed by atoms with Crippen molar-refractivity contribution in [3.63, 3.8) is 0 Å². The van der Waals surface area contributed by atoms with E-state index in [4.69, 9.17) is 4.74 Å². The van der Waals surface area contributed by atoms with Gasteiger partial charge < -0.3 is 9.64 Å². The van der Waals surface area contributed by atoms with E-state index in [0.717, 1.165) is 19.7 Å². The van der Waals surface area contributed by atoms with Crippen LogP contribution < -0.4 is 0 Å². The molecule has 1 fully saturated rings. The fourth-order valence-electron chi connectivity index (χ4n) is 1.41. The summed E-state index contributed by atoms with van der Waals surface area (Å²) in [5.41, 5.74) is 0.